The number of carboxylic acids is 1. The van der Waals surface area contributed by atoms with E-state index in [1.54, 1.807) is 12.4 Å². The summed E-state index contributed by atoms with van der Waals surface area (Å²) in [5.41, 5.74) is 0. The van der Waals surface area contributed by atoms with Crippen molar-refractivity contribution >= 4 is 23.8 Å². The van der Waals surface area contributed by atoms with Crippen LogP contribution >= 0.6 is 11.8 Å². The van der Waals surface area contributed by atoms with E-state index in [2.05, 4.69) is 15.3 Å². The molecule has 0 aromatic carbocycles. The molecule has 3 N–H and O–H groups in total. The van der Waals surface area contributed by atoms with Crippen molar-refractivity contribution in [1.82, 2.24) is 20.2 Å². The van der Waals surface area contributed by atoms with Crippen molar-refractivity contribution in [3.05, 3.63) is 18.2 Å². The van der Waals surface area contributed by atoms with Gasteiger partial charge in [-0.3, -0.25) is 4.90 Å². The van der Waals surface area contributed by atoms with Gasteiger partial charge in [-0.2, -0.15) is 0 Å². The van der Waals surface area contributed by atoms with Gasteiger partial charge >= 0.3 is 12.0 Å². The number of imidazole rings is 1. The van der Waals surface area contributed by atoms with E-state index < -0.39 is 12.0 Å². The Morgan fingerprint density at radius 1 is 1.65 bits per heavy atom. The van der Waals surface area contributed by atoms with Crippen LogP contribution in [0.5, 0.6) is 0 Å². The first-order valence-corrected chi connectivity index (χ1v) is 7.57. The lowest BCUT2D eigenvalue weighted by Crippen LogP contribution is -2.50. The van der Waals surface area contributed by atoms with E-state index in [0.717, 1.165) is 12.8 Å². The first-order chi connectivity index (χ1) is 9.63. The fourth-order valence-corrected chi connectivity index (χ4v) is 3.65. The zero-order chi connectivity index (χ0) is 14.5. The molecule has 1 aromatic rings. The Bertz CT molecular complexity index is 465. The van der Waals surface area contributed by atoms with Crippen LogP contribution in [-0.2, 0) is 11.3 Å². The van der Waals surface area contributed by atoms with Crippen LogP contribution in [0, 0.1) is 0 Å². The lowest BCUT2D eigenvalue weighted by Gasteiger charge is -2.27. The Balaban J connectivity index is 2.00. The molecule has 1 saturated heterocycles. The number of aromatic amines is 1. The molecule has 2 unspecified atom stereocenters. The summed E-state index contributed by atoms with van der Waals surface area (Å²) in [7, 11) is 0. The number of nitrogens with one attached hydrogen (secondary N) is 2. The maximum absolute atomic E-state index is 12.2. The highest BCUT2D eigenvalue weighted by molar-refractivity contribution is 8.00. The van der Waals surface area contributed by atoms with Crippen LogP contribution in [-0.4, -0.2) is 49.1 Å². The Morgan fingerprint density at radius 2 is 2.45 bits per heavy atom. The van der Waals surface area contributed by atoms with E-state index in [-0.39, 0.29) is 17.9 Å². The molecule has 1 fully saturated rings. The van der Waals surface area contributed by atoms with Gasteiger partial charge in [0.15, 0.2) is 0 Å². The number of hydrogen-bond acceptors (Lipinski definition) is 4. The minimum atomic E-state index is -0.954. The Kier molecular flexibility index (Phi) is 4.89. The van der Waals surface area contributed by atoms with Crippen molar-refractivity contribution in [3.8, 4) is 0 Å². The third kappa shape index (κ3) is 3.24. The van der Waals surface area contributed by atoms with Gasteiger partial charge in [-0.1, -0.05) is 13.3 Å². The van der Waals surface area contributed by atoms with Crippen LogP contribution in [0.25, 0.3) is 0 Å². The molecule has 7 nitrogen and oxygen atoms in total. The minimum absolute atomic E-state index is 0.0716. The molecule has 0 spiro atoms. The number of amides is 2. The molecule has 8 heteroatoms. The summed E-state index contributed by atoms with van der Waals surface area (Å²) >= 11 is 1.52. The van der Waals surface area contributed by atoms with Crippen LogP contribution in [0.15, 0.2) is 12.4 Å². The fourth-order valence-electron chi connectivity index (χ4n) is 2.14. The minimum Gasteiger partial charge on any atom is -0.480 e. The van der Waals surface area contributed by atoms with Gasteiger partial charge in [0, 0.05) is 18.1 Å². The quantitative estimate of drug-likeness (QED) is 0.760. The van der Waals surface area contributed by atoms with E-state index in [1.165, 1.54) is 16.7 Å². The van der Waals surface area contributed by atoms with Gasteiger partial charge in [-0.25, -0.2) is 14.6 Å². The predicted molar refractivity (Wildman–Crippen MR) is 75.2 cm³/mol. The summed E-state index contributed by atoms with van der Waals surface area (Å²) in [6, 6.07) is -1.11. The maximum Gasteiger partial charge on any atom is 0.327 e. The van der Waals surface area contributed by atoms with E-state index in [9.17, 15) is 14.7 Å². The molecule has 1 aromatic heterocycles. The number of urea groups is 1. The second kappa shape index (κ2) is 6.65. The number of aromatic nitrogens is 2. The van der Waals surface area contributed by atoms with Crippen molar-refractivity contribution in [2.24, 2.45) is 0 Å². The average Bonchev–Trinajstić information content (AvgIpc) is 3.05. The number of hydrogen-bond donors (Lipinski definition) is 3. The zero-order valence-electron chi connectivity index (χ0n) is 11.2. The fraction of sp³-hybridized carbons (Fsp3) is 0.583. The highest BCUT2D eigenvalue weighted by atomic mass is 32.2. The van der Waals surface area contributed by atoms with Crippen LogP contribution in [0.3, 0.4) is 0 Å². The lowest BCUT2D eigenvalue weighted by atomic mass is 10.2. The van der Waals surface area contributed by atoms with E-state index in [1.807, 2.05) is 6.92 Å². The maximum atomic E-state index is 12.2. The molecule has 1 aliphatic rings. The van der Waals surface area contributed by atoms with Gasteiger partial charge in [-0.05, 0) is 6.42 Å². The van der Waals surface area contributed by atoms with Crippen molar-refractivity contribution < 1.29 is 14.7 Å². The van der Waals surface area contributed by atoms with Gasteiger partial charge in [0.1, 0.15) is 11.9 Å². The van der Waals surface area contributed by atoms with Crippen LogP contribution in [0.2, 0.25) is 0 Å². The zero-order valence-corrected chi connectivity index (χ0v) is 12.0. The second-order valence-corrected chi connectivity index (χ2v) is 5.74. The van der Waals surface area contributed by atoms with Crippen LogP contribution < -0.4 is 5.32 Å². The summed E-state index contributed by atoms with van der Waals surface area (Å²) in [6.45, 7) is 2.28. The summed E-state index contributed by atoms with van der Waals surface area (Å²) < 4.78 is 0. The summed E-state index contributed by atoms with van der Waals surface area (Å²) in [6.07, 6.45) is 4.98. The van der Waals surface area contributed by atoms with Crippen molar-refractivity contribution in [3.63, 3.8) is 0 Å². The van der Waals surface area contributed by atoms with E-state index >= 15 is 0 Å². The Morgan fingerprint density at radius 3 is 3.05 bits per heavy atom. The second-order valence-electron chi connectivity index (χ2n) is 4.53. The van der Waals surface area contributed by atoms with Gasteiger partial charge in [0.2, 0.25) is 0 Å². The lowest BCUT2D eigenvalue weighted by molar-refractivity contribution is -0.141. The van der Waals surface area contributed by atoms with E-state index in [4.69, 9.17) is 0 Å². The smallest absolute Gasteiger partial charge is 0.327 e. The summed E-state index contributed by atoms with van der Waals surface area (Å²) in [4.78, 5) is 31.8. The highest BCUT2D eigenvalue weighted by Gasteiger charge is 2.41. The molecule has 2 rings (SSSR count). The van der Waals surface area contributed by atoms with Crippen molar-refractivity contribution in [1.29, 1.82) is 0 Å². The Labute approximate surface area is 121 Å². The first-order valence-electron chi connectivity index (χ1n) is 6.52. The molecule has 20 heavy (non-hydrogen) atoms. The third-order valence-electron chi connectivity index (χ3n) is 3.11. The SMILES string of the molecule is CCCC1SCC(C(=O)O)N1C(=O)NCc1ncc[nH]1. The number of carboxylic acid groups (broad SMARTS) is 1. The summed E-state index contributed by atoms with van der Waals surface area (Å²) in [5.74, 6) is 0.127. The molecule has 1 aliphatic heterocycles. The highest BCUT2D eigenvalue weighted by Crippen LogP contribution is 2.32. The molecule has 0 saturated carbocycles. The average molecular weight is 298 g/mol. The normalized spacial score (nSPS) is 21.9. The van der Waals surface area contributed by atoms with Crippen LogP contribution in [0.1, 0.15) is 25.6 Å². The standard InChI is InChI=1S/C12H18N4O3S/c1-2-3-10-16(8(7-20-10)11(17)18)12(19)15-6-9-13-4-5-14-9/h4-5,8,10H,2-3,6-7H2,1H3,(H,13,14)(H,15,19)(H,17,18). The number of carbonyl (C=O) groups excluding carboxylic acids is 1. The number of thioether (sulfide) groups is 1. The number of carbonyl (C=O) groups is 2. The summed E-state index contributed by atoms with van der Waals surface area (Å²) in [5, 5.41) is 11.9. The van der Waals surface area contributed by atoms with Gasteiger partial charge < -0.3 is 15.4 Å². The molecule has 2 atom stereocenters. The monoisotopic (exact) mass is 298 g/mol. The van der Waals surface area contributed by atoms with Crippen molar-refractivity contribution in [2.75, 3.05) is 5.75 Å². The van der Waals surface area contributed by atoms with Gasteiger partial charge in [0.05, 0.1) is 11.9 Å². The molecule has 110 valence electrons. The van der Waals surface area contributed by atoms with Gasteiger partial charge in [0.25, 0.3) is 0 Å². The first kappa shape index (κ1) is 14.7. The molecule has 0 aliphatic carbocycles. The number of H-pyrrole nitrogens is 1. The predicted octanol–water partition coefficient (Wildman–Crippen LogP) is 1.25. The number of aliphatic carboxylic acids is 1. The molecular weight excluding hydrogens is 280 g/mol. The topological polar surface area (TPSA) is 98.3 Å². The molecule has 2 amide bonds. The third-order valence-corrected chi connectivity index (χ3v) is 4.47. The number of rotatable bonds is 5. The molecule has 0 bridgehead atoms. The van der Waals surface area contributed by atoms with E-state index in [0.29, 0.717) is 11.6 Å². The van der Waals surface area contributed by atoms with Crippen molar-refractivity contribution in [2.45, 2.75) is 37.7 Å². The van der Waals surface area contributed by atoms with Crippen LogP contribution in [0.4, 0.5) is 4.79 Å². The molecule has 0 radical (unpaired) electrons. The number of nitrogens with zero attached hydrogens (tertiary/aromatic N) is 2. The Hall–Kier alpha value is -1.70. The molecular formula is C12H18N4O3S. The molecule has 2 heterocycles. The van der Waals surface area contributed by atoms with Gasteiger partial charge in [-0.15, -0.1) is 11.8 Å². The largest absolute Gasteiger partial charge is 0.480 e.